The number of benzene rings is 2. The van der Waals surface area contributed by atoms with Gasteiger partial charge in [-0.3, -0.25) is 4.79 Å². The first-order valence-corrected chi connectivity index (χ1v) is 8.53. The quantitative estimate of drug-likeness (QED) is 0.652. The number of carbonyl (C=O) groups is 1. The SMILES string of the molecule is CCOc1cccc(CC(=O)OC)c1COc1ccc(C)cc1Br. The topological polar surface area (TPSA) is 44.8 Å². The van der Waals surface area contributed by atoms with Crippen LogP contribution < -0.4 is 9.47 Å². The van der Waals surface area contributed by atoms with Crippen molar-refractivity contribution in [2.75, 3.05) is 13.7 Å². The fraction of sp³-hybridized carbons (Fsp3) is 0.316. The summed E-state index contributed by atoms with van der Waals surface area (Å²) in [5.74, 6) is 1.18. The largest absolute Gasteiger partial charge is 0.493 e. The van der Waals surface area contributed by atoms with E-state index >= 15 is 0 Å². The highest BCUT2D eigenvalue weighted by Crippen LogP contribution is 2.29. The zero-order valence-corrected chi connectivity index (χ0v) is 15.7. The van der Waals surface area contributed by atoms with Gasteiger partial charge < -0.3 is 14.2 Å². The Morgan fingerprint density at radius 3 is 2.58 bits per heavy atom. The molecule has 0 aromatic heterocycles. The monoisotopic (exact) mass is 392 g/mol. The molecule has 128 valence electrons. The number of hydrogen-bond donors (Lipinski definition) is 0. The molecule has 0 heterocycles. The summed E-state index contributed by atoms with van der Waals surface area (Å²) in [7, 11) is 1.38. The average Bonchev–Trinajstić information content (AvgIpc) is 2.56. The third kappa shape index (κ3) is 4.74. The van der Waals surface area contributed by atoms with Crippen molar-refractivity contribution in [3.8, 4) is 11.5 Å². The predicted molar refractivity (Wildman–Crippen MR) is 96.5 cm³/mol. The number of aryl methyl sites for hydroxylation is 1. The van der Waals surface area contributed by atoms with Crippen LogP contribution in [0.1, 0.15) is 23.6 Å². The molecule has 0 spiro atoms. The first-order chi connectivity index (χ1) is 11.5. The second-order valence-electron chi connectivity index (χ2n) is 5.30. The number of hydrogen-bond acceptors (Lipinski definition) is 4. The van der Waals surface area contributed by atoms with E-state index in [1.807, 2.05) is 50.2 Å². The first-order valence-electron chi connectivity index (χ1n) is 7.74. The van der Waals surface area contributed by atoms with Crippen LogP contribution in [0.5, 0.6) is 11.5 Å². The van der Waals surface area contributed by atoms with Crippen molar-refractivity contribution < 1.29 is 19.0 Å². The van der Waals surface area contributed by atoms with Gasteiger partial charge in [0.05, 0.1) is 24.6 Å². The lowest BCUT2D eigenvalue weighted by molar-refractivity contribution is -0.139. The van der Waals surface area contributed by atoms with Gasteiger partial charge in [-0.15, -0.1) is 0 Å². The molecule has 0 aliphatic carbocycles. The van der Waals surface area contributed by atoms with Gasteiger partial charge in [0, 0.05) is 5.56 Å². The van der Waals surface area contributed by atoms with Gasteiger partial charge in [0.25, 0.3) is 0 Å². The van der Waals surface area contributed by atoms with E-state index in [0.717, 1.165) is 32.7 Å². The lowest BCUT2D eigenvalue weighted by atomic mass is 10.0. The van der Waals surface area contributed by atoms with Gasteiger partial charge in [0.1, 0.15) is 18.1 Å². The number of ether oxygens (including phenoxy) is 3. The van der Waals surface area contributed by atoms with Gasteiger partial charge in [-0.1, -0.05) is 18.2 Å². The highest BCUT2D eigenvalue weighted by Gasteiger charge is 2.14. The van der Waals surface area contributed by atoms with Crippen LogP contribution in [0.3, 0.4) is 0 Å². The molecule has 2 aromatic rings. The Balaban J connectivity index is 2.26. The number of carbonyl (C=O) groups excluding carboxylic acids is 1. The molecule has 0 aliphatic rings. The Labute approximate surface area is 150 Å². The molecular weight excluding hydrogens is 372 g/mol. The van der Waals surface area contributed by atoms with E-state index in [-0.39, 0.29) is 12.4 Å². The Bertz CT molecular complexity index is 713. The van der Waals surface area contributed by atoms with E-state index in [2.05, 4.69) is 15.9 Å². The summed E-state index contributed by atoms with van der Waals surface area (Å²) in [6.07, 6.45) is 0.186. The van der Waals surface area contributed by atoms with E-state index in [4.69, 9.17) is 14.2 Å². The van der Waals surface area contributed by atoms with Crippen LogP contribution in [0, 0.1) is 6.92 Å². The van der Waals surface area contributed by atoms with Crippen LogP contribution in [-0.4, -0.2) is 19.7 Å². The average molecular weight is 393 g/mol. The minimum atomic E-state index is -0.290. The summed E-state index contributed by atoms with van der Waals surface area (Å²) in [5.41, 5.74) is 2.85. The summed E-state index contributed by atoms with van der Waals surface area (Å²) in [6, 6.07) is 11.6. The third-order valence-electron chi connectivity index (χ3n) is 3.55. The fourth-order valence-electron chi connectivity index (χ4n) is 2.33. The van der Waals surface area contributed by atoms with Crippen LogP contribution in [0.4, 0.5) is 0 Å². The summed E-state index contributed by atoms with van der Waals surface area (Å²) in [4.78, 5) is 11.7. The summed E-state index contributed by atoms with van der Waals surface area (Å²) >= 11 is 3.51. The molecule has 0 fully saturated rings. The van der Waals surface area contributed by atoms with Gasteiger partial charge >= 0.3 is 5.97 Å². The molecule has 0 saturated heterocycles. The normalized spacial score (nSPS) is 10.3. The van der Waals surface area contributed by atoms with Crippen molar-refractivity contribution in [1.29, 1.82) is 0 Å². The highest BCUT2D eigenvalue weighted by molar-refractivity contribution is 9.10. The van der Waals surface area contributed by atoms with Crippen molar-refractivity contribution in [3.63, 3.8) is 0 Å². The van der Waals surface area contributed by atoms with Gasteiger partial charge in [-0.2, -0.15) is 0 Å². The Morgan fingerprint density at radius 1 is 1.12 bits per heavy atom. The molecule has 0 saturated carbocycles. The van der Waals surface area contributed by atoms with Crippen molar-refractivity contribution >= 4 is 21.9 Å². The lowest BCUT2D eigenvalue weighted by Crippen LogP contribution is -2.10. The van der Waals surface area contributed by atoms with Gasteiger partial charge in [-0.05, 0) is 59.1 Å². The molecule has 0 radical (unpaired) electrons. The Kier molecular flexibility index (Phi) is 6.67. The Morgan fingerprint density at radius 2 is 1.92 bits per heavy atom. The second-order valence-corrected chi connectivity index (χ2v) is 6.16. The zero-order valence-electron chi connectivity index (χ0n) is 14.1. The third-order valence-corrected chi connectivity index (χ3v) is 4.17. The fourth-order valence-corrected chi connectivity index (χ4v) is 2.94. The molecule has 0 N–H and O–H groups in total. The number of esters is 1. The molecule has 2 aromatic carbocycles. The minimum absolute atomic E-state index is 0.186. The number of methoxy groups -OCH3 is 1. The maximum atomic E-state index is 11.7. The van der Waals surface area contributed by atoms with Gasteiger partial charge in [-0.25, -0.2) is 0 Å². The highest BCUT2D eigenvalue weighted by atomic mass is 79.9. The molecule has 2 rings (SSSR count). The zero-order chi connectivity index (χ0) is 17.5. The van der Waals surface area contributed by atoms with Crippen molar-refractivity contribution in [1.82, 2.24) is 0 Å². The Hall–Kier alpha value is -2.01. The smallest absolute Gasteiger partial charge is 0.309 e. The maximum Gasteiger partial charge on any atom is 0.309 e. The second kappa shape index (κ2) is 8.73. The standard InChI is InChI=1S/C19H21BrO4/c1-4-23-17-7-5-6-14(11-19(21)22-3)15(17)12-24-18-9-8-13(2)10-16(18)20/h5-10H,4,11-12H2,1-3H3. The molecule has 0 aliphatic heterocycles. The molecular formula is C19H21BrO4. The lowest BCUT2D eigenvalue weighted by Gasteiger charge is -2.16. The molecule has 0 unspecified atom stereocenters. The number of rotatable bonds is 7. The molecule has 24 heavy (non-hydrogen) atoms. The molecule has 0 amide bonds. The van der Waals surface area contributed by atoms with Crippen LogP contribution >= 0.6 is 15.9 Å². The molecule has 0 bridgehead atoms. The van der Waals surface area contributed by atoms with Crippen LogP contribution in [0.25, 0.3) is 0 Å². The maximum absolute atomic E-state index is 11.7. The molecule has 0 atom stereocenters. The van der Waals surface area contributed by atoms with Crippen LogP contribution in [-0.2, 0) is 22.6 Å². The van der Waals surface area contributed by atoms with E-state index in [0.29, 0.717) is 13.2 Å². The molecule has 5 heteroatoms. The summed E-state index contributed by atoms with van der Waals surface area (Å²) in [5, 5.41) is 0. The van der Waals surface area contributed by atoms with E-state index < -0.39 is 0 Å². The van der Waals surface area contributed by atoms with E-state index in [9.17, 15) is 4.79 Å². The van der Waals surface area contributed by atoms with Crippen molar-refractivity contribution in [2.24, 2.45) is 0 Å². The van der Waals surface area contributed by atoms with Crippen LogP contribution in [0.15, 0.2) is 40.9 Å². The van der Waals surface area contributed by atoms with Crippen molar-refractivity contribution in [2.45, 2.75) is 26.9 Å². The molecule has 4 nitrogen and oxygen atoms in total. The van der Waals surface area contributed by atoms with E-state index in [1.165, 1.54) is 7.11 Å². The summed E-state index contributed by atoms with van der Waals surface area (Å²) < 4.78 is 17.3. The van der Waals surface area contributed by atoms with E-state index in [1.54, 1.807) is 0 Å². The number of halogens is 1. The minimum Gasteiger partial charge on any atom is -0.493 e. The summed E-state index contributed by atoms with van der Waals surface area (Å²) in [6.45, 7) is 4.80. The van der Waals surface area contributed by atoms with Gasteiger partial charge in [0.15, 0.2) is 0 Å². The van der Waals surface area contributed by atoms with Crippen molar-refractivity contribution in [3.05, 3.63) is 57.6 Å². The van der Waals surface area contributed by atoms with Crippen LogP contribution in [0.2, 0.25) is 0 Å². The van der Waals surface area contributed by atoms with Gasteiger partial charge in [0.2, 0.25) is 0 Å². The predicted octanol–water partition coefficient (Wildman–Crippen LogP) is 4.45. The first kappa shape index (κ1) is 18.3.